The minimum Gasteiger partial charge on any atom is -0.0840 e. The van der Waals surface area contributed by atoms with Crippen molar-refractivity contribution in [2.24, 2.45) is 0 Å². The van der Waals surface area contributed by atoms with Gasteiger partial charge in [-0.05, 0) is 61.3 Å². The molecule has 0 bridgehead atoms. The van der Waals surface area contributed by atoms with Gasteiger partial charge in [0.25, 0.3) is 0 Å². The quantitative estimate of drug-likeness (QED) is 0.243. The summed E-state index contributed by atoms with van der Waals surface area (Å²) in [5.41, 5.74) is 9.99. The Kier molecular flexibility index (Phi) is 3.08. The van der Waals surface area contributed by atoms with E-state index in [2.05, 4.69) is 97.1 Å². The predicted octanol–water partition coefficient (Wildman–Crippen LogP) is 7.84. The summed E-state index contributed by atoms with van der Waals surface area (Å²) >= 11 is 7.01. The van der Waals surface area contributed by atoms with Gasteiger partial charge in [-0.1, -0.05) is 109 Å². The third kappa shape index (κ3) is 1.75. The Morgan fingerprint density at radius 1 is 0.467 bits per heavy atom. The highest BCUT2D eigenvalue weighted by Crippen LogP contribution is 2.65. The smallest absolute Gasteiger partial charge is 0.0746 e. The fourth-order valence-electron chi connectivity index (χ4n) is 5.93. The number of fused-ring (bicyclic) bond motifs is 12. The van der Waals surface area contributed by atoms with Crippen LogP contribution in [0.5, 0.6) is 0 Å². The van der Waals surface area contributed by atoms with Gasteiger partial charge in [-0.3, -0.25) is 0 Å². The molecular weight excluding hydrogens is 384 g/mol. The van der Waals surface area contributed by atoms with E-state index in [9.17, 15) is 0 Å². The van der Waals surface area contributed by atoms with Crippen LogP contribution in [-0.4, -0.2) is 0 Å². The summed E-state index contributed by atoms with van der Waals surface area (Å²) in [5, 5.41) is 3.40. The predicted molar refractivity (Wildman–Crippen MR) is 125 cm³/mol. The van der Waals surface area contributed by atoms with Crippen molar-refractivity contribution in [2.75, 3.05) is 0 Å². The first kappa shape index (κ1) is 16.4. The number of benzene rings is 5. The first-order chi connectivity index (χ1) is 14.8. The van der Waals surface area contributed by atoms with Gasteiger partial charge >= 0.3 is 0 Å². The number of rotatable bonds is 0. The highest BCUT2D eigenvalue weighted by atomic mass is 35.5. The molecule has 1 atom stereocenters. The molecular formula is C29H17Cl. The molecule has 30 heavy (non-hydrogen) atoms. The Bertz CT molecular complexity index is 1500. The lowest BCUT2D eigenvalue weighted by Gasteiger charge is -2.32. The Labute approximate surface area is 180 Å². The molecule has 2 aliphatic rings. The first-order valence-corrected chi connectivity index (χ1v) is 10.7. The molecule has 5 aromatic rings. The van der Waals surface area contributed by atoms with Crippen LogP contribution < -0.4 is 0 Å². The highest BCUT2D eigenvalue weighted by molar-refractivity contribution is 6.32. The minimum absolute atomic E-state index is 0.392. The maximum absolute atomic E-state index is 7.01. The second-order valence-corrected chi connectivity index (χ2v) is 8.62. The van der Waals surface area contributed by atoms with Crippen LogP contribution in [0.25, 0.3) is 33.0 Å². The first-order valence-electron chi connectivity index (χ1n) is 10.3. The maximum Gasteiger partial charge on any atom is 0.0746 e. The average molecular weight is 401 g/mol. The van der Waals surface area contributed by atoms with Gasteiger partial charge in [-0.25, -0.2) is 0 Å². The standard InChI is InChI=1S/C29H17Cl/c30-26-15-7-12-22-20-10-3-5-13-24(20)29(28(22)26)25-14-6-4-11-21(25)23-17-16-18-8-1-2-9-19(18)27(23)29/h1-17H. The molecule has 0 saturated carbocycles. The molecule has 0 fully saturated rings. The van der Waals surface area contributed by atoms with E-state index < -0.39 is 5.41 Å². The van der Waals surface area contributed by atoms with E-state index in [1.54, 1.807) is 0 Å². The van der Waals surface area contributed by atoms with Crippen molar-refractivity contribution in [1.29, 1.82) is 0 Å². The van der Waals surface area contributed by atoms with E-state index >= 15 is 0 Å². The topological polar surface area (TPSA) is 0 Å². The summed E-state index contributed by atoms with van der Waals surface area (Å²) in [6, 6.07) is 37.3. The molecule has 0 N–H and O–H groups in total. The van der Waals surface area contributed by atoms with Gasteiger partial charge in [0.15, 0.2) is 0 Å². The summed E-state index contributed by atoms with van der Waals surface area (Å²) in [7, 11) is 0. The van der Waals surface area contributed by atoms with Crippen LogP contribution in [0, 0.1) is 0 Å². The Morgan fingerprint density at radius 3 is 1.83 bits per heavy atom. The van der Waals surface area contributed by atoms with Crippen LogP contribution in [0.1, 0.15) is 22.3 Å². The van der Waals surface area contributed by atoms with Crippen molar-refractivity contribution in [1.82, 2.24) is 0 Å². The Balaban J connectivity index is 1.80. The molecule has 7 rings (SSSR count). The van der Waals surface area contributed by atoms with Crippen LogP contribution in [0.2, 0.25) is 5.02 Å². The summed E-state index contributed by atoms with van der Waals surface area (Å²) in [6.45, 7) is 0. The van der Waals surface area contributed by atoms with Gasteiger partial charge < -0.3 is 0 Å². The van der Waals surface area contributed by atoms with E-state index in [-0.39, 0.29) is 0 Å². The van der Waals surface area contributed by atoms with E-state index in [4.69, 9.17) is 11.6 Å². The molecule has 0 nitrogen and oxygen atoms in total. The Morgan fingerprint density at radius 2 is 1.07 bits per heavy atom. The number of hydrogen-bond acceptors (Lipinski definition) is 0. The van der Waals surface area contributed by atoms with E-state index in [0.717, 1.165) is 5.02 Å². The molecule has 5 aromatic carbocycles. The third-order valence-corrected chi connectivity index (χ3v) is 7.25. The number of hydrogen-bond donors (Lipinski definition) is 0. The van der Waals surface area contributed by atoms with Crippen molar-refractivity contribution in [3.8, 4) is 22.3 Å². The van der Waals surface area contributed by atoms with Crippen LogP contribution in [0.3, 0.4) is 0 Å². The van der Waals surface area contributed by atoms with Gasteiger partial charge in [0.05, 0.1) is 5.41 Å². The molecule has 0 radical (unpaired) electrons. The average Bonchev–Trinajstić information content (AvgIpc) is 3.27. The summed E-state index contributed by atoms with van der Waals surface area (Å²) in [6.07, 6.45) is 0. The summed E-state index contributed by atoms with van der Waals surface area (Å²) in [4.78, 5) is 0. The third-order valence-electron chi connectivity index (χ3n) is 6.94. The molecule has 0 aliphatic heterocycles. The summed E-state index contributed by atoms with van der Waals surface area (Å²) in [5.74, 6) is 0. The maximum atomic E-state index is 7.01. The summed E-state index contributed by atoms with van der Waals surface area (Å²) < 4.78 is 0. The lowest BCUT2D eigenvalue weighted by molar-refractivity contribution is 0.801. The molecule has 0 aromatic heterocycles. The second-order valence-electron chi connectivity index (χ2n) is 8.21. The van der Waals surface area contributed by atoms with Crippen LogP contribution in [-0.2, 0) is 5.41 Å². The lowest BCUT2D eigenvalue weighted by atomic mass is 9.69. The molecule has 0 saturated heterocycles. The Hall–Kier alpha value is -3.35. The van der Waals surface area contributed by atoms with Crippen molar-refractivity contribution in [3.63, 3.8) is 0 Å². The van der Waals surface area contributed by atoms with E-state index in [1.165, 1.54) is 55.3 Å². The van der Waals surface area contributed by atoms with Crippen molar-refractivity contribution in [2.45, 2.75) is 5.41 Å². The lowest BCUT2D eigenvalue weighted by Crippen LogP contribution is -2.26. The zero-order valence-electron chi connectivity index (χ0n) is 16.2. The molecule has 1 unspecified atom stereocenters. The van der Waals surface area contributed by atoms with Gasteiger partial charge in [-0.15, -0.1) is 0 Å². The normalized spacial score (nSPS) is 17.6. The SMILES string of the molecule is Clc1cccc2c1C1(c3ccccc3-2)c2ccccc2-c2ccc3ccccc3c21. The van der Waals surface area contributed by atoms with Crippen molar-refractivity contribution < 1.29 is 0 Å². The molecule has 1 spiro atoms. The van der Waals surface area contributed by atoms with Crippen molar-refractivity contribution in [3.05, 3.63) is 130 Å². The van der Waals surface area contributed by atoms with Gasteiger partial charge in [0, 0.05) is 5.02 Å². The van der Waals surface area contributed by atoms with E-state index in [0.29, 0.717) is 0 Å². The monoisotopic (exact) mass is 400 g/mol. The van der Waals surface area contributed by atoms with Crippen LogP contribution in [0.4, 0.5) is 0 Å². The van der Waals surface area contributed by atoms with E-state index in [1.807, 2.05) is 6.07 Å². The molecule has 1 heteroatoms. The molecule has 0 amide bonds. The largest absolute Gasteiger partial charge is 0.0840 e. The molecule has 2 aliphatic carbocycles. The van der Waals surface area contributed by atoms with Crippen LogP contribution in [0.15, 0.2) is 103 Å². The van der Waals surface area contributed by atoms with Gasteiger partial charge in [0.2, 0.25) is 0 Å². The fourth-order valence-corrected chi connectivity index (χ4v) is 6.24. The molecule has 0 heterocycles. The fraction of sp³-hybridized carbons (Fsp3) is 0.0345. The highest BCUT2D eigenvalue weighted by Gasteiger charge is 2.53. The molecule has 140 valence electrons. The second kappa shape index (κ2) is 5.62. The van der Waals surface area contributed by atoms with Gasteiger partial charge in [0.1, 0.15) is 0 Å². The minimum atomic E-state index is -0.392. The zero-order chi connectivity index (χ0) is 19.9. The van der Waals surface area contributed by atoms with Crippen molar-refractivity contribution >= 4 is 22.4 Å². The van der Waals surface area contributed by atoms with Gasteiger partial charge in [-0.2, -0.15) is 0 Å². The zero-order valence-corrected chi connectivity index (χ0v) is 16.9. The number of halogens is 1. The van der Waals surface area contributed by atoms with Crippen LogP contribution >= 0.6 is 11.6 Å².